The maximum atomic E-state index is 12.4. The molecule has 0 saturated carbocycles. The highest BCUT2D eigenvalue weighted by molar-refractivity contribution is 5.92. The van der Waals surface area contributed by atoms with Gasteiger partial charge in [-0.1, -0.05) is 6.07 Å². The molecule has 3 rings (SSSR count). The Labute approximate surface area is 167 Å². The van der Waals surface area contributed by atoms with Crippen molar-refractivity contribution in [1.82, 2.24) is 9.80 Å². The van der Waals surface area contributed by atoms with Gasteiger partial charge in [-0.05, 0) is 36.6 Å². The molecule has 0 radical (unpaired) electrons. The number of methoxy groups -OCH3 is 1. The average Bonchev–Trinajstić information content (AvgIpc) is 3.27. The Morgan fingerprint density at radius 3 is 2.52 bits per heavy atom. The number of piperazine rings is 1. The Hall–Kier alpha value is -2.68. The second-order valence-corrected chi connectivity index (χ2v) is 6.77. The zero-order valence-corrected chi connectivity index (χ0v) is 16.2. The number of benzene rings is 1. The van der Waals surface area contributed by atoms with E-state index in [0.717, 1.165) is 12.8 Å². The van der Waals surface area contributed by atoms with Crippen LogP contribution in [-0.4, -0.2) is 74.2 Å². The second kappa shape index (κ2) is 9.69. The summed E-state index contributed by atoms with van der Waals surface area (Å²) in [5.41, 5.74) is 0.615. The monoisotopic (exact) mass is 410 g/mol. The van der Waals surface area contributed by atoms with E-state index in [1.54, 1.807) is 21.9 Å². The van der Waals surface area contributed by atoms with Crippen LogP contribution in [0, 0.1) is 0 Å². The smallest absolute Gasteiger partial charge is 0.387 e. The first kappa shape index (κ1) is 21.0. The summed E-state index contributed by atoms with van der Waals surface area (Å²) in [7, 11) is 1.35. The standard InChI is InChI=1S/C20H24F2N2O5/c1-27-17-13-14(4-6-15(17)29-20(21)22)5-7-18(25)23-8-10-24(11-9-23)19(26)16-3-2-12-28-16/h4-7,13,16,20H,2-3,8-12H2,1H3/b7-5+/t16-/m1/s1. The molecule has 0 aliphatic carbocycles. The van der Waals surface area contributed by atoms with Gasteiger partial charge in [-0.25, -0.2) is 0 Å². The number of rotatable bonds is 6. The van der Waals surface area contributed by atoms with E-state index in [-0.39, 0.29) is 29.4 Å². The van der Waals surface area contributed by atoms with Gasteiger partial charge in [-0.3, -0.25) is 9.59 Å². The minimum absolute atomic E-state index is 0.00309. The number of alkyl halides is 2. The van der Waals surface area contributed by atoms with E-state index in [9.17, 15) is 18.4 Å². The van der Waals surface area contributed by atoms with Crippen LogP contribution in [0.4, 0.5) is 8.78 Å². The van der Waals surface area contributed by atoms with Crippen molar-refractivity contribution < 1.29 is 32.6 Å². The average molecular weight is 410 g/mol. The lowest BCUT2D eigenvalue weighted by Gasteiger charge is -2.35. The Morgan fingerprint density at radius 2 is 1.90 bits per heavy atom. The quantitative estimate of drug-likeness (QED) is 0.673. The lowest BCUT2D eigenvalue weighted by Crippen LogP contribution is -2.52. The minimum atomic E-state index is -2.95. The second-order valence-electron chi connectivity index (χ2n) is 6.77. The van der Waals surface area contributed by atoms with E-state index in [0.29, 0.717) is 38.3 Å². The summed E-state index contributed by atoms with van der Waals surface area (Å²) in [5, 5.41) is 0. The van der Waals surface area contributed by atoms with Gasteiger partial charge in [0.25, 0.3) is 5.91 Å². The number of amides is 2. The maximum Gasteiger partial charge on any atom is 0.387 e. The van der Waals surface area contributed by atoms with Gasteiger partial charge in [-0.2, -0.15) is 8.78 Å². The molecular formula is C20H24F2N2O5. The van der Waals surface area contributed by atoms with Crippen molar-refractivity contribution in [2.45, 2.75) is 25.6 Å². The number of hydrogen-bond acceptors (Lipinski definition) is 5. The molecule has 1 aromatic carbocycles. The molecule has 29 heavy (non-hydrogen) atoms. The molecule has 0 spiro atoms. The van der Waals surface area contributed by atoms with Gasteiger partial charge in [-0.15, -0.1) is 0 Å². The summed E-state index contributed by atoms with van der Waals surface area (Å²) in [5.74, 6) is -0.0939. The number of halogens is 2. The molecule has 2 aliphatic heterocycles. The highest BCUT2D eigenvalue weighted by Gasteiger charge is 2.30. The Balaban J connectivity index is 1.54. The fourth-order valence-corrected chi connectivity index (χ4v) is 3.38. The van der Waals surface area contributed by atoms with Crippen molar-refractivity contribution in [1.29, 1.82) is 0 Å². The van der Waals surface area contributed by atoms with Gasteiger partial charge in [0.15, 0.2) is 11.5 Å². The predicted molar refractivity (Wildman–Crippen MR) is 101 cm³/mol. The molecule has 9 heteroatoms. The van der Waals surface area contributed by atoms with Crippen molar-refractivity contribution in [3.8, 4) is 11.5 Å². The van der Waals surface area contributed by atoms with Crippen LogP contribution >= 0.6 is 0 Å². The van der Waals surface area contributed by atoms with Crippen molar-refractivity contribution in [3.05, 3.63) is 29.8 Å². The van der Waals surface area contributed by atoms with E-state index in [1.807, 2.05) is 0 Å². The molecule has 0 aromatic heterocycles. The zero-order valence-electron chi connectivity index (χ0n) is 16.2. The summed E-state index contributed by atoms with van der Waals surface area (Å²) in [6.45, 7) is -0.465. The number of carbonyl (C=O) groups excluding carboxylic acids is 2. The summed E-state index contributed by atoms with van der Waals surface area (Å²) in [6, 6.07) is 4.44. The van der Waals surface area contributed by atoms with E-state index in [2.05, 4.69) is 4.74 Å². The van der Waals surface area contributed by atoms with E-state index in [4.69, 9.17) is 9.47 Å². The third-order valence-corrected chi connectivity index (χ3v) is 4.93. The third kappa shape index (κ3) is 5.44. The van der Waals surface area contributed by atoms with Crippen LogP contribution in [0.25, 0.3) is 6.08 Å². The van der Waals surface area contributed by atoms with Gasteiger partial charge in [0.1, 0.15) is 6.10 Å². The molecule has 2 aliphatic rings. The number of ether oxygens (including phenoxy) is 3. The molecule has 2 amide bonds. The Kier molecular flexibility index (Phi) is 7.03. The van der Waals surface area contributed by atoms with Crippen molar-refractivity contribution in [3.63, 3.8) is 0 Å². The Morgan fingerprint density at radius 1 is 1.17 bits per heavy atom. The molecular weight excluding hydrogens is 386 g/mol. The third-order valence-electron chi connectivity index (χ3n) is 4.93. The number of carbonyl (C=O) groups is 2. The van der Waals surface area contributed by atoms with E-state index < -0.39 is 6.61 Å². The molecule has 2 saturated heterocycles. The lowest BCUT2D eigenvalue weighted by molar-refractivity contribution is -0.144. The van der Waals surface area contributed by atoms with Crippen LogP contribution in [0.2, 0.25) is 0 Å². The van der Waals surface area contributed by atoms with Gasteiger partial charge < -0.3 is 24.0 Å². The van der Waals surface area contributed by atoms with Gasteiger partial charge >= 0.3 is 6.61 Å². The SMILES string of the molecule is COc1cc(/C=C/C(=O)N2CCN(C(=O)[C@H]3CCCO3)CC2)ccc1OC(F)F. The topological polar surface area (TPSA) is 68.3 Å². The van der Waals surface area contributed by atoms with Crippen LogP contribution in [0.15, 0.2) is 24.3 Å². The molecule has 2 heterocycles. The van der Waals surface area contributed by atoms with E-state index >= 15 is 0 Å². The fraction of sp³-hybridized carbons (Fsp3) is 0.500. The van der Waals surface area contributed by atoms with Crippen LogP contribution in [0.3, 0.4) is 0 Å². The van der Waals surface area contributed by atoms with Gasteiger partial charge in [0.2, 0.25) is 5.91 Å². The predicted octanol–water partition coefficient (Wildman–Crippen LogP) is 2.16. The summed E-state index contributed by atoms with van der Waals surface area (Å²) < 4.78 is 39.6. The normalized spacial score (nSPS) is 19.8. The van der Waals surface area contributed by atoms with Crippen molar-refractivity contribution >= 4 is 17.9 Å². The first-order valence-corrected chi connectivity index (χ1v) is 9.48. The summed E-state index contributed by atoms with van der Waals surface area (Å²) >= 11 is 0. The maximum absolute atomic E-state index is 12.4. The fourth-order valence-electron chi connectivity index (χ4n) is 3.38. The molecule has 1 aromatic rings. The van der Waals surface area contributed by atoms with Gasteiger partial charge in [0, 0.05) is 38.9 Å². The highest BCUT2D eigenvalue weighted by Crippen LogP contribution is 2.29. The van der Waals surface area contributed by atoms with Crippen LogP contribution < -0.4 is 9.47 Å². The van der Waals surface area contributed by atoms with Crippen LogP contribution in [-0.2, 0) is 14.3 Å². The molecule has 158 valence electrons. The highest BCUT2D eigenvalue weighted by atomic mass is 19.3. The number of hydrogen-bond donors (Lipinski definition) is 0. The first-order valence-electron chi connectivity index (χ1n) is 9.48. The van der Waals surface area contributed by atoms with E-state index in [1.165, 1.54) is 25.3 Å². The first-order chi connectivity index (χ1) is 14.0. The minimum Gasteiger partial charge on any atom is -0.493 e. The van der Waals surface area contributed by atoms with Crippen molar-refractivity contribution in [2.24, 2.45) is 0 Å². The van der Waals surface area contributed by atoms with Crippen LogP contribution in [0.5, 0.6) is 11.5 Å². The number of nitrogens with zero attached hydrogens (tertiary/aromatic N) is 2. The Bertz CT molecular complexity index is 757. The molecule has 7 nitrogen and oxygen atoms in total. The molecule has 0 N–H and O–H groups in total. The largest absolute Gasteiger partial charge is 0.493 e. The lowest BCUT2D eigenvalue weighted by atomic mass is 10.1. The molecule has 0 unspecified atom stereocenters. The molecule has 1 atom stereocenters. The van der Waals surface area contributed by atoms with Crippen molar-refractivity contribution in [2.75, 3.05) is 39.9 Å². The van der Waals surface area contributed by atoms with Crippen LogP contribution in [0.1, 0.15) is 18.4 Å². The summed E-state index contributed by atoms with van der Waals surface area (Å²) in [4.78, 5) is 28.2. The van der Waals surface area contributed by atoms with Gasteiger partial charge in [0.05, 0.1) is 7.11 Å². The zero-order chi connectivity index (χ0) is 20.8. The molecule has 0 bridgehead atoms. The molecule has 2 fully saturated rings. The summed E-state index contributed by atoms with van der Waals surface area (Å²) in [6.07, 6.45) is 4.32.